The maximum Gasteiger partial charge on any atom is 0.247 e. The van der Waals surface area contributed by atoms with E-state index >= 15 is 0 Å². The van der Waals surface area contributed by atoms with Crippen LogP contribution in [-0.2, 0) is 13.1 Å². The molecular weight excluding hydrogens is 280 g/mol. The average Bonchev–Trinajstić information content (AvgIpc) is 3.05. The van der Waals surface area contributed by atoms with E-state index in [9.17, 15) is 0 Å². The van der Waals surface area contributed by atoms with Gasteiger partial charge in [-0.3, -0.25) is 4.98 Å². The Balaban J connectivity index is 1.61. The van der Waals surface area contributed by atoms with Gasteiger partial charge in [0.05, 0.1) is 19.3 Å². The summed E-state index contributed by atoms with van der Waals surface area (Å²) in [5, 5.41) is 11.3. The van der Waals surface area contributed by atoms with Crippen molar-refractivity contribution in [3.05, 3.63) is 60.2 Å². The van der Waals surface area contributed by atoms with Gasteiger partial charge in [0.2, 0.25) is 11.8 Å². The van der Waals surface area contributed by atoms with Gasteiger partial charge in [0.1, 0.15) is 5.75 Å². The Morgan fingerprint density at radius 2 is 2.05 bits per heavy atom. The third-order valence-corrected chi connectivity index (χ3v) is 3.09. The van der Waals surface area contributed by atoms with Crippen LogP contribution in [0.25, 0.3) is 11.5 Å². The summed E-state index contributed by atoms with van der Waals surface area (Å²) in [4.78, 5) is 4.24. The number of rotatable bonds is 6. The quantitative estimate of drug-likeness (QED) is 0.753. The normalized spacial score (nSPS) is 10.6. The second-order valence-corrected chi connectivity index (χ2v) is 4.66. The molecular formula is C16H16N4O2. The third-order valence-electron chi connectivity index (χ3n) is 3.09. The van der Waals surface area contributed by atoms with E-state index in [1.54, 1.807) is 13.3 Å². The Morgan fingerprint density at radius 1 is 1.09 bits per heavy atom. The van der Waals surface area contributed by atoms with Gasteiger partial charge in [0.15, 0.2) is 0 Å². The van der Waals surface area contributed by atoms with E-state index in [-0.39, 0.29) is 0 Å². The zero-order chi connectivity index (χ0) is 15.2. The number of ether oxygens (including phenoxy) is 1. The summed E-state index contributed by atoms with van der Waals surface area (Å²) >= 11 is 0. The van der Waals surface area contributed by atoms with Gasteiger partial charge in [-0.15, -0.1) is 10.2 Å². The minimum Gasteiger partial charge on any atom is -0.497 e. The minimum atomic E-state index is 0.480. The van der Waals surface area contributed by atoms with Crippen molar-refractivity contribution < 1.29 is 9.15 Å². The van der Waals surface area contributed by atoms with Gasteiger partial charge in [-0.25, -0.2) is 0 Å². The molecule has 6 nitrogen and oxygen atoms in total. The van der Waals surface area contributed by atoms with Crippen LogP contribution in [-0.4, -0.2) is 22.3 Å². The van der Waals surface area contributed by atoms with Gasteiger partial charge in [-0.2, -0.15) is 0 Å². The molecule has 112 valence electrons. The summed E-state index contributed by atoms with van der Waals surface area (Å²) in [5.41, 5.74) is 1.80. The monoisotopic (exact) mass is 296 g/mol. The second-order valence-electron chi connectivity index (χ2n) is 4.66. The van der Waals surface area contributed by atoms with Crippen molar-refractivity contribution in [3.63, 3.8) is 0 Å². The summed E-state index contributed by atoms with van der Waals surface area (Å²) < 4.78 is 10.8. The van der Waals surface area contributed by atoms with Crippen LogP contribution in [0.15, 0.2) is 53.1 Å². The van der Waals surface area contributed by atoms with Gasteiger partial charge in [0, 0.05) is 18.3 Å². The molecule has 22 heavy (non-hydrogen) atoms. The van der Waals surface area contributed by atoms with Crippen molar-refractivity contribution in [2.45, 2.75) is 13.1 Å². The van der Waals surface area contributed by atoms with Gasteiger partial charge >= 0.3 is 0 Å². The number of aromatic nitrogens is 3. The Labute approximate surface area is 128 Å². The van der Waals surface area contributed by atoms with E-state index in [0.717, 1.165) is 17.0 Å². The average molecular weight is 296 g/mol. The molecule has 0 unspecified atom stereocenters. The summed E-state index contributed by atoms with van der Waals surface area (Å²) in [6.45, 7) is 1.14. The SMILES string of the molecule is COc1cccc(-c2nnc(CNCc3ccccn3)o2)c1. The van der Waals surface area contributed by atoms with Gasteiger partial charge < -0.3 is 14.5 Å². The third kappa shape index (κ3) is 3.48. The minimum absolute atomic E-state index is 0.480. The molecule has 0 atom stereocenters. The smallest absolute Gasteiger partial charge is 0.247 e. The summed E-state index contributed by atoms with van der Waals surface area (Å²) in [5.74, 6) is 1.77. The second kappa shape index (κ2) is 6.82. The number of methoxy groups -OCH3 is 1. The highest BCUT2D eigenvalue weighted by molar-refractivity contribution is 5.55. The van der Waals surface area contributed by atoms with E-state index in [1.165, 1.54) is 0 Å². The summed E-state index contributed by atoms with van der Waals surface area (Å²) in [7, 11) is 1.62. The van der Waals surface area contributed by atoms with Crippen LogP contribution in [0.4, 0.5) is 0 Å². The van der Waals surface area contributed by atoms with Crippen LogP contribution >= 0.6 is 0 Å². The topological polar surface area (TPSA) is 73.1 Å². The molecule has 2 heterocycles. The summed E-state index contributed by atoms with van der Waals surface area (Å²) in [6, 6.07) is 13.3. The van der Waals surface area contributed by atoms with E-state index in [0.29, 0.717) is 24.9 Å². The van der Waals surface area contributed by atoms with Crippen LogP contribution in [0.1, 0.15) is 11.6 Å². The Kier molecular flexibility index (Phi) is 4.41. The summed E-state index contributed by atoms with van der Waals surface area (Å²) in [6.07, 6.45) is 1.77. The van der Waals surface area contributed by atoms with Crippen molar-refractivity contribution in [2.24, 2.45) is 0 Å². The molecule has 2 aromatic heterocycles. The van der Waals surface area contributed by atoms with Crippen LogP contribution in [0.5, 0.6) is 5.75 Å². The highest BCUT2D eigenvalue weighted by Crippen LogP contribution is 2.22. The number of benzene rings is 1. The zero-order valence-corrected chi connectivity index (χ0v) is 12.2. The molecule has 0 radical (unpaired) electrons. The first-order valence-corrected chi connectivity index (χ1v) is 6.92. The number of nitrogens with zero attached hydrogens (tertiary/aromatic N) is 3. The molecule has 0 aliphatic heterocycles. The van der Waals surface area contributed by atoms with Crippen molar-refractivity contribution in [1.29, 1.82) is 0 Å². The fourth-order valence-corrected chi connectivity index (χ4v) is 2.00. The Bertz CT molecular complexity index is 728. The zero-order valence-electron chi connectivity index (χ0n) is 12.2. The number of nitrogens with one attached hydrogen (secondary N) is 1. The molecule has 0 aliphatic carbocycles. The highest BCUT2D eigenvalue weighted by atomic mass is 16.5. The maximum absolute atomic E-state index is 5.65. The first-order chi connectivity index (χ1) is 10.8. The molecule has 0 aliphatic rings. The fourth-order valence-electron chi connectivity index (χ4n) is 2.00. The molecule has 3 rings (SSSR count). The molecule has 0 saturated carbocycles. The van der Waals surface area contributed by atoms with E-state index in [1.807, 2.05) is 42.5 Å². The van der Waals surface area contributed by atoms with Crippen molar-refractivity contribution in [3.8, 4) is 17.2 Å². The van der Waals surface area contributed by atoms with Crippen LogP contribution in [0.3, 0.4) is 0 Å². The van der Waals surface area contributed by atoms with E-state index < -0.39 is 0 Å². The van der Waals surface area contributed by atoms with Crippen molar-refractivity contribution in [2.75, 3.05) is 7.11 Å². The number of hydrogen-bond donors (Lipinski definition) is 1. The lowest BCUT2D eigenvalue weighted by Crippen LogP contribution is -2.13. The highest BCUT2D eigenvalue weighted by Gasteiger charge is 2.09. The first kappa shape index (κ1) is 14.2. The van der Waals surface area contributed by atoms with E-state index in [4.69, 9.17) is 9.15 Å². The molecule has 6 heteroatoms. The predicted molar refractivity (Wildman–Crippen MR) is 81.1 cm³/mol. The molecule has 0 bridgehead atoms. The molecule has 0 fully saturated rings. The lowest BCUT2D eigenvalue weighted by Gasteiger charge is -2.01. The van der Waals surface area contributed by atoms with Gasteiger partial charge in [-0.1, -0.05) is 12.1 Å². The predicted octanol–water partition coefficient (Wildman–Crippen LogP) is 2.43. The lowest BCUT2D eigenvalue weighted by atomic mass is 10.2. The largest absolute Gasteiger partial charge is 0.497 e. The Hall–Kier alpha value is -2.73. The maximum atomic E-state index is 5.65. The molecule has 1 N–H and O–H groups in total. The van der Waals surface area contributed by atoms with Crippen molar-refractivity contribution in [1.82, 2.24) is 20.5 Å². The molecule has 3 aromatic rings. The molecule has 0 spiro atoms. The van der Waals surface area contributed by atoms with Crippen molar-refractivity contribution >= 4 is 0 Å². The Morgan fingerprint density at radius 3 is 2.86 bits per heavy atom. The van der Waals surface area contributed by atoms with E-state index in [2.05, 4.69) is 20.5 Å². The van der Waals surface area contributed by atoms with Gasteiger partial charge in [0.25, 0.3) is 0 Å². The first-order valence-electron chi connectivity index (χ1n) is 6.92. The standard InChI is InChI=1S/C16H16N4O2/c1-21-14-7-4-5-12(9-14)16-20-19-15(22-16)11-17-10-13-6-2-3-8-18-13/h2-9,17H,10-11H2,1H3. The number of pyridine rings is 1. The lowest BCUT2D eigenvalue weighted by molar-refractivity contribution is 0.414. The van der Waals surface area contributed by atoms with Crippen LogP contribution in [0.2, 0.25) is 0 Å². The van der Waals surface area contributed by atoms with Crippen LogP contribution < -0.4 is 10.1 Å². The van der Waals surface area contributed by atoms with Crippen LogP contribution in [0, 0.1) is 0 Å². The fraction of sp³-hybridized carbons (Fsp3) is 0.188. The molecule has 0 saturated heterocycles. The molecule has 1 aromatic carbocycles. The molecule has 0 amide bonds. The number of hydrogen-bond acceptors (Lipinski definition) is 6. The van der Waals surface area contributed by atoms with Gasteiger partial charge in [-0.05, 0) is 30.3 Å².